The topological polar surface area (TPSA) is 18.5 Å². The predicted octanol–water partition coefficient (Wildman–Crippen LogP) is 2.43. The number of fused-ring (bicyclic) bond motifs is 1. The van der Waals surface area contributed by atoms with Crippen LogP contribution in [0.4, 0.5) is 0 Å². The summed E-state index contributed by atoms with van der Waals surface area (Å²) < 4.78 is 0. The summed E-state index contributed by atoms with van der Waals surface area (Å²) in [6, 6.07) is 1.48. The van der Waals surface area contributed by atoms with Crippen LogP contribution in [0.2, 0.25) is 0 Å². The molecule has 0 bridgehead atoms. The van der Waals surface area contributed by atoms with E-state index >= 15 is 0 Å². The summed E-state index contributed by atoms with van der Waals surface area (Å²) >= 11 is 0. The van der Waals surface area contributed by atoms with E-state index in [4.69, 9.17) is 0 Å². The lowest BCUT2D eigenvalue weighted by Gasteiger charge is -2.46. The fourth-order valence-electron chi connectivity index (χ4n) is 4.25. The minimum Gasteiger partial charge on any atom is -0.316 e. The first kappa shape index (κ1) is 16.3. The van der Waals surface area contributed by atoms with Gasteiger partial charge in [0.25, 0.3) is 0 Å². The maximum atomic E-state index is 3.51. The van der Waals surface area contributed by atoms with Gasteiger partial charge in [0.1, 0.15) is 0 Å². The van der Waals surface area contributed by atoms with Gasteiger partial charge in [-0.05, 0) is 70.7 Å². The van der Waals surface area contributed by atoms with Crippen LogP contribution in [-0.2, 0) is 0 Å². The first-order valence-corrected chi connectivity index (χ1v) is 8.51. The van der Waals surface area contributed by atoms with E-state index in [0.29, 0.717) is 11.5 Å². The van der Waals surface area contributed by atoms with Gasteiger partial charge in [-0.15, -0.1) is 0 Å². The third-order valence-electron chi connectivity index (χ3n) is 5.56. The van der Waals surface area contributed by atoms with Crippen molar-refractivity contribution in [3.05, 3.63) is 0 Å². The highest BCUT2D eigenvalue weighted by molar-refractivity contribution is 4.90. The number of rotatable bonds is 4. The molecule has 3 atom stereocenters. The molecule has 0 aromatic carbocycles. The van der Waals surface area contributed by atoms with Crippen molar-refractivity contribution < 1.29 is 0 Å². The zero-order valence-electron chi connectivity index (χ0n) is 14.3. The summed E-state index contributed by atoms with van der Waals surface area (Å²) in [6.07, 6.45) is 5.49. The van der Waals surface area contributed by atoms with Gasteiger partial charge >= 0.3 is 0 Å². The number of hydrogen-bond donors (Lipinski definition) is 1. The average Bonchev–Trinajstić information content (AvgIpc) is 2.38. The van der Waals surface area contributed by atoms with Crippen LogP contribution in [-0.4, -0.2) is 62.2 Å². The Balaban J connectivity index is 1.80. The Morgan fingerprint density at radius 2 is 1.95 bits per heavy atom. The molecule has 3 unspecified atom stereocenters. The zero-order chi connectivity index (χ0) is 14.8. The highest BCUT2D eigenvalue weighted by atomic mass is 15.2. The summed E-state index contributed by atoms with van der Waals surface area (Å²) in [5.74, 6) is 0.921. The Kier molecular flexibility index (Phi) is 5.49. The fraction of sp³-hybridized carbons (Fsp3) is 1.00. The molecule has 0 aromatic rings. The summed E-state index contributed by atoms with van der Waals surface area (Å²) in [5.41, 5.74) is 0.359. The first-order chi connectivity index (χ1) is 9.41. The third kappa shape index (κ3) is 3.96. The lowest BCUT2D eigenvalue weighted by molar-refractivity contribution is 0.0356. The second-order valence-electron chi connectivity index (χ2n) is 8.04. The molecule has 2 fully saturated rings. The molecule has 2 saturated heterocycles. The number of hydrogen-bond acceptors (Lipinski definition) is 3. The monoisotopic (exact) mass is 281 g/mol. The quantitative estimate of drug-likeness (QED) is 0.854. The molecule has 0 aromatic heterocycles. The molecule has 0 radical (unpaired) electrons. The van der Waals surface area contributed by atoms with Crippen molar-refractivity contribution in [2.45, 2.75) is 58.5 Å². The second kappa shape index (κ2) is 6.76. The van der Waals surface area contributed by atoms with Crippen molar-refractivity contribution in [1.29, 1.82) is 0 Å². The van der Waals surface area contributed by atoms with Crippen molar-refractivity contribution in [1.82, 2.24) is 15.1 Å². The predicted molar refractivity (Wildman–Crippen MR) is 87.1 cm³/mol. The standard InChI is InChI=1S/C17H35N3/c1-17(2,3)16(18-4)9-12-20-11-8-15-14(13-20)7-6-10-19(15)5/h14-16,18H,6-13H2,1-5H3. The van der Waals surface area contributed by atoms with Gasteiger partial charge in [0.05, 0.1) is 0 Å². The Hall–Kier alpha value is -0.120. The highest BCUT2D eigenvalue weighted by Gasteiger charge is 2.34. The maximum absolute atomic E-state index is 3.51. The van der Waals surface area contributed by atoms with Gasteiger partial charge in [0, 0.05) is 18.6 Å². The molecule has 2 aliphatic heterocycles. The van der Waals surface area contributed by atoms with E-state index in [9.17, 15) is 0 Å². The lowest BCUT2D eigenvalue weighted by atomic mass is 9.83. The minimum atomic E-state index is 0.359. The van der Waals surface area contributed by atoms with Crippen LogP contribution in [0.25, 0.3) is 0 Å². The Morgan fingerprint density at radius 1 is 1.20 bits per heavy atom. The minimum absolute atomic E-state index is 0.359. The van der Waals surface area contributed by atoms with Crippen LogP contribution in [0.15, 0.2) is 0 Å². The molecule has 0 aliphatic carbocycles. The first-order valence-electron chi connectivity index (χ1n) is 8.51. The van der Waals surface area contributed by atoms with Crippen LogP contribution in [0.5, 0.6) is 0 Å². The van der Waals surface area contributed by atoms with E-state index in [2.05, 4.69) is 50.0 Å². The van der Waals surface area contributed by atoms with Crippen molar-refractivity contribution in [2.24, 2.45) is 11.3 Å². The molecule has 3 heteroatoms. The van der Waals surface area contributed by atoms with Gasteiger partial charge < -0.3 is 15.1 Å². The molecule has 0 saturated carbocycles. The average molecular weight is 281 g/mol. The highest BCUT2D eigenvalue weighted by Crippen LogP contribution is 2.30. The molecule has 2 aliphatic rings. The molecule has 1 N–H and O–H groups in total. The normalized spacial score (nSPS) is 31.1. The van der Waals surface area contributed by atoms with E-state index in [1.54, 1.807) is 0 Å². The molecular weight excluding hydrogens is 246 g/mol. The maximum Gasteiger partial charge on any atom is 0.0145 e. The van der Waals surface area contributed by atoms with Crippen LogP contribution in [0, 0.1) is 11.3 Å². The van der Waals surface area contributed by atoms with E-state index in [1.165, 1.54) is 51.9 Å². The van der Waals surface area contributed by atoms with Crippen molar-refractivity contribution in [3.63, 3.8) is 0 Å². The second-order valence-corrected chi connectivity index (χ2v) is 8.04. The zero-order valence-corrected chi connectivity index (χ0v) is 14.3. The molecule has 118 valence electrons. The molecule has 20 heavy (non-hydrogen) atoms. The van der Waals surface area contributed by atoms with E-state index < -0.39 is 0 Å². The summed E-state index contributed by atoms with van der Waals surface area (Å²) in [5, 5.41) is 3.51. The fourth-order valence-corrected chi connectivity index (χ4v) is 4.25. The van der Waals surface area contributed by atoms with Crippen LogP contribution in [0.1, 0.15) is 46.5 Å². The summed E-state index contributed by atoms with van der Waals surface area (Å²) in [6.45, 7) is 12.2. The van der Waals surface area contributed by atoms with E-state index in [-0.39, 0.29) is 0 Å². The SMILES string of the molecule is CNC(CCN1CCC2C(CCCN2C)C1)C(C)(C)C. The van der Waals surface area contributed by atoms with Gasteiger partial charge in [-0.2, -0.15) is 0 Å². The van der Waals surface area contributed by atoms with Crippen molar-refractivity contribution >= 4 is 0 Å². The number of nitrogens with zero attached hydrogens (tertiary/aromatic N) is 2. The molecule has 3 nitrogen and oxygen atoms in total. The van der Waals surface area contributed by atoms with Gasteiger partial charge in [-0.1, -0.05) is 20.8 Å². The van der Waals surface area contributed by atoms with Gasteiger partial charge in [-0.25, -0.2) is 0 Å². The molecule has 0 amide bonds. The van der Waals surface area contributed by atoms with Gasteiger partial charge in [0.2, 0.25) is 0 Å². The largest absolute Gasteiger partial charge is 0.316 e. The molecule has 2 heterocycles. The number of nitrogens with one attached hydrogen (secondary N) is 1. The number of piperidine rings is 2. The Labute approximate surface area is 126 Å². The molecule has 2 rings (SSSR count). The third-order valence-corrected chi connectivity index (χ3v) is 5.56. The molecule has 0 spiro atoms. The number of likely N-dealkylation sites (tertiary alicyclic amines) is 2. The summed E-state index contributed by atoms with van der Waals surface area (Å²) in [4.78, 5) is 5.33. The lowest BCUT2D eigenvalue weighted by Crippen LogP contribution is -2.53. The van der Waals surface area contributed by atoms with Gasteiger partial charge in [-0.3, -0.25) is 0 Å². The van der Waals surface area contributed by atoms with Crippen LogP contribution in [0.3, 0.4) is 0 Å². The van der Waals surface area contributed by atoms with Crippen LogP contribution >= 0.6 is 0 Å². The molecular formula is C17H35N3. The van der Waals surface area contributed by atoms with Crippen molar-refractivity contribution in [3.8, 4) is 0 Å². The van der Waals surface area contributed by atoms with Crippen molar-refractivity contribution in [2.75, 3.05) is 40.3 Å². The van der Waals surface area contributed by atoms with Crippen LogP contribution < -0.4 is 5.32 Å². The summed E-state index contributed by atoms with van der Waals surface area (Å²) in [7, 11) is 4.43. The van der Waals surface area contributed by atoms with E-state index in [0.717, 1.165) is 12.0 Å². The van der Waals surface area contributed by atoms with E-state index in [1.807, 2.05) is 0 Å². The van der Waals surface area contributed by atoms with Gasteiger partial charge in [0.15, 0.2) is 0 Å². The smallest absolute Gasteiger partial charge is 0.0145 e. The Morgan fingerprint density at radius 3 is 2.60 bits per heavy atom. The Bertz CT molecular complexity index is 297.